The Morgan fingerprint density at radius 1 is 1.50 bits per heavy atom. The molecule has 0 aromatic rings. The Morgan fingerprint density at radius 3 is 2.62 bits per heavy atom. The second-order valence-electron chi connectivity index (χ2n) is 4.15. The van der Waals surface area contributed by atoms with E-state index in [0.717, 1.165) is 0 Å². The van der Waals surface area contributed by atoms with Gasteiger partial charge in [-0.2, -0.15) is 0 Å². The highest BCUT2D eigenvalue weighted by atomic mass is 31.1. The van der Waals surface area contributed by atoms with Gasteiger partial charge in [0.25, 0.3) is 0 Å². The molecule has 94 valence electrons. The van der Waals surface area contributed by atoms with Gasteiger partial charge in [-0.05, 0) is 20.3 Å². The van der Waals surface area contributed by atoms with Crippen molar-refractivity contribution in [3.63, 3.8) is 0 Å². The molecule has 0 amide bonds. The number of ether oxygens (including phenoxy) is 2. The molecule has 16 heavy (non-hydrogen) atoms. The quantitative estimate of drug-likeness (QED) is 0.709. The maximum atomic E-state index is 10.3. The number of aliphatic hydroxyl groups is 1. The van der Waals surface area contributed by atoms with E-state index in [2.05, 4.69) is 4.52 Å². The molecule has 2 N–H and O–H groups in total. The van der Waals surface area contributed by atoms with Gasteiger partial charge < -0.3 is 14.6 Å². The summed E-state index contributed by atoms with van der Waals surface area (Å²) in [5.41, 5.74) is 0. The summed E-state index contributed by atoms with van der Waals surface area (Å²) in [6, 6.07) is 0. The number of hydrogen-bond donors (Lipinski definition) is 2. The Balaban J connectivity index is 2.54. The van der Waals surface area contributed by atoms with Gasteiger partial charge >= 0.3 is 8.25 Å². The first-order chi connectivity index (χ1) is 7.35. The molecule has 6 nitrogen and oxygen atoms in total. The van der Waals surface area contributed by atoms with Gasteiger partial charge in [0.1, 0.15) is 18.8 Å². The average Bonchev–Trinajstić information content (AvgIpc) is 2.50. The lowest BCUT2D eigenvalue weighted by Gasteiger charge is -2.19. The molecular formula is C9H18O6P+. The van der Waals surface area contributed by atoms with Crippen LogP contribution in [0.5, 0.6) is 0 Å². The minimum atomic E-state index is -2.70. The van der Waals surface area contributed by atoms with Gasteiger partial charge in [-0.3, -0.25) is 0 Å². The van der Waals surface area contributed by atoms with Gasteiger partial charge in [0, 0.05) is 4.57 Å². The van der Waals surface area contributed by atoms with E-state index in [0.29, 0.717) is 6.42 Å². The third-order valence-electron chi connectivity index (χ3n) is 2.36. The molecule has 0 aromatic heterocycles. The van der Waals surface area contributed by atoms with Crippen molar-refractivity contribution in [1.82, 2.24) is 0 Å². The molecule has 1 saturated heterocycles. The lowest BCUT2D eigenvalue weighted by molar-refractivity contribution is -0.156. The molecule has 0 bridgehead atoms. The zero-order valence-corrected chi connectivity index (χ0v) is 10.5. The van der Waals surface area contributed by atoms with Crippen LogP contribution < -0.4 is 0 Å². The van der Waals surface area contributed by atoms with E-state index in [4.69, 9.17) is 14.4 Å². The molecule has 1 aliphatic heterocycles. The fraction of sp³-hybridized carbons (Fsp3) is 1.00. The Kier molecular flexibility index (Phi) is 4.79. The van der Waals surface area contributed by atoms with E-state index >= 15 is 0 Å². The highest BCUT2D eigenvalue weighted by molar-refractivity contribution is 7.32. The molecule has 1 aliphatic rings. The number of hydrogen-bond acceptors (Lipinski definition) is 5. The molecule has 0 spiro atoms. The highest BCUT2D eigenvalue weighted by Crippen LogP contribution is 2.32. The molecule has 1 heterocycles. The van der Waals surface area contributed by atoms with Crippen LogP contribution in [0.25, 0.3) is 0 Å². The second-order valence-corrected chi connectivity index (χ2v) is 4.88. The number of aliphatic hydroxyl groups excluding tert-OH is 1. The van der Waals surface area contributed by atoms with Crippen LogP contribution in [0.15, 0.2) is 0 Å². The maximum Gasteiger partial charge on any atom is 0.694 e. The molecule has 1 rings (SSSR count). The third-order valence-corrected chi connectivity index (χ3v) is 2.73. The fourth-order valence-electron chi connectivity index (χ4n) is 1.74. The first-order valence-electron chi connectivity index (χ1n) is 5.18. The van der Waals surface area contributed by atoms with Crippen molar-refractivity contribution < 1.29 is 28.6 Å². The first kappa shape index (κ1) is 14.0. The Morgan fingerprint density at radius 2 is 2.12 bits per heavy atom. The van der Waals surface area contributed by atoms with Crippen molar-refractivity contribution in [2.45, 2.75) is 51.3 Å². The molecular weight excluding hydrogens is 235 g/mol. The fourth-order valence-corrected chi connectivity index (χ4v) is 2.02. The summed E-state index contributed by atoms with van der Waals surface area (Å²) in [5, 5.41) is 9.76. The summed E-state index contributed by atoms with van der Waals surface area (Å²) in [5.74, 6) is -0.742. The van der Waals surface area contributed by atoms with Gasteiger partial charge in [-0.1, -0.05) is 6.92 Å². The van der Waals surface area contributed by atoms with E-state index < -0.39 is 26.2 Å². The Hall–Kier alpha value is -0.100. The topological polar surface area (TPSA) is 85.2 Å². The Bertz CT molecular complexity index is 256. The predicted octanol–water partition coefficient (Wildman–Crippen LogP) is 0.944. The average molecular weight is 253 g/mol. The summed E-state index contributed by atoms with van der Waals surface area (Å²) in [6.45, 7) is 5.19. The van der Waals surface area contributed by atoms with Crippen LogP contribution in [0.2, 0.25) is 0 Å². The molecule has 7 heteroatoms. The van der Waals surface area contributed by atoms with E-state index in [-0.39, 0.29) is 12.7 Å². The van der Waals surface area contributed by atoms with Crippen molar-refractivity contribution in [2.24, 2.45) is 0 Å². The van der Waals surface area contributed by atoms with E-state index in [1.54, 1.807) is 13.8 Å². The normalized spacial score (nSPS) is 31.4. The van der Waals surface area contributed by atoms with Crippen molar-refractivity contribution in [3.8, 4) is 0 Å². The standard InChI is InChI=1S/C9H17O6P/c1-4-7-8(15-9(2,3)14-7)6(10)5-13-16(11)12/h6-8,10H,4-5H2,1-3H3/p+1/t6?,7-,8?/m0/s1. The number of rotatable bonds is 5. The van der Waals surface area contributed by atoms with E-state index in [1.165, 1.54) is 0 Å². The summed E-state index contributed by atoms with van der Waals surface area (Å²) in [6.07, 6.45) is -1.05. The predicted molar refractivity (Wildman–Crippen MR) is 55.9 cm³/mol. The lowest BCUT2D eigenvalue weighted by atomic mass is 10.1. The molecule has 0 radical (unpaired) electrons. The van der Waals surface area contributed by atoms with Crippen LogP contribution in [-0.2, 0) is 18.6 Å². The highest BCUT2D eigenvalue weighted by Gasteiger charge is 2.44. The van der Waals surface area contributed by atoms with Crippen molar-refractivity contribution in [2.75, 3.05) is 6.61 Å². The van der Waals surface area contributed by atoms with Crippen LogP contribution in [0.1, 0.15) is 27.2 Å². The molecule has 3 unspecified atom stereocenters. The van der Waals surface area contributed by atoms with Crippen LogP contribution in [0.4, 0.5) is 0 Å². The Labute approximate surface area is 95.5 Å². The summed E-state index contributed by atoms with van der Waals surface area (Å²) in [4.78, 5) is 8.47. The maximum absolute atomic E-state index is 10.3. The molecule has 4 atom stereocenters. The van der Waals surface area contributed by atoms with Crippen molar-refractivity contribution in [1.29, 1.82) is 0 Å². The SMILES string of the molecule is CC[C@@H]1OC(C)(C)OC1C(O)CO[P+](=O)O. The van der Waals surface area contributed by atoms with Crippen molar-refractivity contribution in [3.05, 3.63) is 0 Å². The molecule has 1 fully saturated rings. The molecule has 0 aliphatic carbocycles. The zero-order chi connectivity index (χ0) is 12.3. The summed E-state index contributed by atoms with van der Waals surface area (Å²) >= 11 is 0. The van der Waals surface area contributed by atoms with Gasteiger partial charge in [0.2, 0.25) is 0 Å². The minimum absolute atomic E-state index is 0.231. The van der Waals surface area contributed by atoms with Crippen LogP contribution >= 0.6 is 8.25 Å². The van der Waals surface area contributed by atoms with Crippen molar-refractivity contribution >= 4 is 8.25 Å². The van der Waals surface area contributed by atoms with E-state index in [1.807, 2.05) is 6.92 Å². The summed E-state index contributed by atoms with van der Waals surface area (Å²) < 4.78 is 25.9. The summed E-state index contributed by atoms with van der Waals surface area (Å²) in [7, 11) is -2.70. The molecule has 0 saturated carbocycles. The molecule has 0 aromatic carbocycles. The zero-order valence-electron chi connectivity index (χ0n) is 9.62. The smallest absolute Gasteiger partial charge is 0.388 e. The van der Waals surface area contributed by atoms with Crippen LogP contribution in [0, 0.1) is 0 Å². The van der Waals surface area contributed by atoms with Gasteiger partial charge in [0.15, 0.2) is 5.79 Å². The second kappa shape index (κ2) is 5.49. The van der Waals surface area contributed by atoms with Crippen LogP contribution in [0.3, 0.4) is 0 Å². The lowest BCUT2D eigenvalue weighted by Crippen LogP contribution is -2.37. The monoisotopic (exact) mass is 253 g/mol. The first-order valence-corrected chi connectivity index (χ1v) is 6.31. The van der Waals surface area contributed by atoms with Gasteiger partial charge in [0.05, 0.1) is 6.10 Å². The van der Waals surface area contributed by atoms with Crippen LogP contribution in [-0.4, -0.2) is 40.7 Å². The van der Waals surface area contributed by atoms with Gasteiger partial charge in [-0.25, -0.2) is 0 Å². The van der Waals surface area contributed by atoms with Gasteiger partial charge in [-0.15, -0.1) is 9.42 Å². The third kappa shape index (κ3) is 3.73. The largest absolute Gasteiger partial charge is 0.694 e. The minimum Gasteiger partial charge on any atom is -0.388 e. The van der Waals surface area contributed by atoms with E-state index in [9.17, 15) is 9.67 Å².